The predicted molar refractivity (Wildman–Crippen MR) is 186 cm³/mol. The van der Waals surface area contributed by atoms with Crippen LogP contribution in [0.2, 0.25) is 10.0 Å². The van der Waals surface area contributed by atoms with Crippen LogP contribution in [0.3, 0.4) is 0 Å². The maximum atomic E-state index is 14.6. The Bertz CT molecular complexity index is 1750. The van der Waals surface area contributed by atoms with Crippen LogP contribution in [0.4, 0.5) is 5.69 Å². The van der Waals surface area contributed by atoms with Gasteiger partial charge in [0.1, 0.15) is 12.6 Å². The fraction of sp³-hybridized carbons (Fsp3) is 0.278. The van der Waals surface area contributed by atoms with Crippen LogP contribution in [0.5, 0.6) is 0 Å². The molecule has 2 atom stereocenters. The molecule has 0 aromatic heterocycles. The van der Waals surface area contributed by atoms with Crippen LogP contribution >= 0.6 is 23.2 Å². The zero-order valence-electron chi connectivity index (χ0n) is 26.4. The van der Waals surface area contributed by atoms with Gasteiger partial charge in [-0.15, -0.1) is 0 Å². The number of amides is 2. The lowest BCUT2D eigenvalue weighted by molar-refractivity contribution is -0.140. The third-order valence-corrected chi connectivity index (χ3v) is 10.3. The van der Waals surface area contributed by atoms with E-state index in [9.17, 15) is 18.0 Å². The molecule has 4 rings (SSSR count). The number of hydrogen-bond donors (Lipinski definition) is 1. The summed E-state index contributed by atoms with van der Waals surface area (Å²) in [6.45, 7) is 6.89. The van der Waals surface area contributed by atoms with Gasteiger partial charge in [-0.05, 0) is 74.7 Å². The average molecular weight is 681 g/mol. The van der Waals surface area contributed by atoms with E-state index in [-0.39, 0.29) is 29.8 Å². The summed E-state index contributed by atoms with van der Waals surface area (Å²) in [6, 6.07) is 26.7. The van der Waals surface area contributed by atoms with Crippen LogP contribution in [-0.4, -0.2) is 43.8 Å². The highest BCUT2D eigenvalue weighted by atomic mass is 35.5. The minimum absolute atomic E-state index is 0.0449. The van der Waals surface area contributed by atoms with E-state index in [1.54, 1.807) is 48.5 Å². The maximum Gasteiger partial charge on any atom is 0.264 e. The monoisotopic (exact) mass is 679 g/mol. The van der Waals surface area contributed by atoms with Gasteiger partial charge in [-0.2, -0.15) is 0 Å². The molecule has 0 spiro atoms. The number of benzene rings is 4. The molecule has 1 N–H and O–H groups in total. The third kappa shape index (κ3) is 8.69. The van der Waals surface area contributed by atoms with Gasteiger partial charge in [0.05, 0.1) is 10.6 Å². The number of anilines is 1. The molecule has 0 unspecified atom stereocenters. The average Bonchev–Trinajstić information content (AvgIpc) is 3.03. The Morgan fingerprint density at radius 3 is 2.07 bits per heavy atom. The number of carbonyl (C=O) groups is 2. The second kappa shape index (κ2) is 15.6. The number of halogens is 2. The van der Waals surface area contributed by atoms with Crippen LogP contribution in [-0.2, 0) is 32.6 Å². The first-order valence-electron chi connectivity index (χ1n) is 15.1. The van der Waals surface area contributed by atoms with Crippen LogP contribution in [0, 0.1) is 13.8 Å². The molecule has 2 amide bonds. The summed E-state index contributed by atoms with van der Waals surface area (Å²) in [4.78, 5) is 30.0. The van der Waals surface area contributed by atoms with Gasteiger partial charge in [0, 0.05) is 34.6 Å². The van der Waals surface area contributed by atoms with Gasteiger partial charge >= 0.3 is 0 Å². The van der Waals surface area contributed by atoms with Gasteiger partial charge < -0.3 is 10.2 Å². The van der Waals surface area contributed by atoms with Crippen molar-refractivity contribution in [3.8, 4) is 0 Å². The fourth-order valence-corrected chi connectivity index (χ4v) is 6.92. The topological polar surface area (TPSA) is 86.8 Å². The van der Waals surface area contributed by atoms with Crippen LogP contribution in [0.25, 0.3) is 0 Å². The lowest BCUT2D eigenvalue weighted by atomic mass is 10.0. The van der Waals surface area contributed by atoms with Crippen molar-refractivity contribution in [2.24, 2.45) is 0 Å². The van der Waals surface area contributed by atoms with Crippen molar-refractivity contribution < 1.29 is 18.0 Å². The second-order valence-electron chi connectivity index (χ2n) is 11.4. The van der Waals surface area contributed by atoms with Gasteiger partial charge in [-0.25, -0.2) is 8.42 Å². The van der Waals surface area contributed by atoms with Gasteiger partial charge in [-0.1, -0.05) is 96.4 Å². The van der Waals surface area contributed by atoms with Crippen molar-refractivity contribution >= 4 is 50.7 Å². The van der Waals surface area contributed by atoms with Crippen molar-refractivity contribution in [3.63, 3.8) is 0 Å². The molecule has 0 fully saturated rings. The smallest absolute Gasteiger partial charge is 0.264 e. The van der Waals surface area contributed by atoms with Crippen molar-refractivity contribution in [1.29, 1.82) is 0 Å². The van der Waals surface area contributed by atoms with E-state index in [0.29, 0.717) is 27.7 Å². The molecule has 7 nitrogen and oxygen atoms in total. The van der Waals surface area contributed by atoms with E-state index in [1.165, 1.54) is 17.0 Å². The van der Waals surface area contributed by atoms with Crippen LogP contribution in [0.1, 0.15) is 42.5 Å². The van der Waals surface area contributed by atoms with E-state index in [4.69, 9.17) is 23.2 Å². The van der Waals surface area contributed by atoms with Crippen molar-refractivity contribution in [2.75, 3.05) is 10.8 Å². The zero-order chi connectivity index (χ0) is 33.4. The summed E-state index contributed by atoms with van der Waals surface area (Å²) in [7, 11) is -4.20. The van der Waals surface area contributed by atoms with Gasteiger partial charge in [0.15, 0.2) is 0 Å². The molecule has 46 heavy (non-hydrogen) atoms. The lowest BCUT2D eigenvalue weighted by Crippen LogP contribution is -2.54. The van der Waals surface area contributed by atoms with E-state index in [0.717, 1.165) is 21.0 Å². The molecule has 4 aromatic carbocycles. The number of sulfonamides is 1. The molecule has 0 saturated heterocycles. The SMILES string of the molecule is CC[C@H](C)NC(=O)[C@H](Cc1ccccc1)N(Cc1c(Cl)cccc1Cl)C(=O)CN(c1cccc(C)c1)S(=O)(=O)c1ccc(C)cc1. The first kappa shape index (κ1) is 35.0. The van der Waals surface area contributed by atoms with Gasteiger partial charge in [0.25, 0.3) is 10.0 Å². The normalized spacial score (nSPS) is 12.7. The van der Waals surface area contributed by atoms with Gasteiger partial charge in [0.2, 0.25) is 11.8 Å². The number of rotatable bonds is 13. The van der Waals surface area contributed by atoms with E-state index in [2.05, 4.69) is 5.32 Å². The Balaban J connectivity index is 1.84. The van der Waals surface area contributed by atoms with Crippen LogP contribution < -0.4 is 9.62 Å². The Hall–Kier alpha value is -3.85. The summed E-state index contributed by atoms with van der Waals surface area (Å²) in [6.07, 6.45) is 0.871. The first-order chi connectivity index (χ1) is 21.9. The first-order valence-corrected chi connectivity index (χ1v) is 17.3. The predicted octanol–water partition coefficient (Wildman–Crippen LogP) is 7.36. The molecular weight excluding hydrogens is 641 g/mol. The van der Waals surface area contributed by atoms with Crippen molar-refractivity contribution in [2.45, 2.75) is 64.1 Å². The molecule has 0 radical (unpaired) electrons. The molecule has 4 aromatic rings. The Morgan fingerprint density at radius 1 is 0.826 bits per heavy atom. The zero-order valence-corrected chi connectivity index (χ0v) is 28.7. The molecule has 10 heteroatoms. The number of hydrogen-bond acceptors (Lipinski definition) is 4. The molecular formula is C36H39Cl2N3O4S. The lowest BCUT2D eigenvalue weighted by Gasteiger charge is -2.34. The third-order valence-electron chi connectivity index (χ3n) is 7.84. The van der Waals surface area contributed by atoms with Crippen LogP contribution in [0.15, 0.2) is 102 Å². The number of carbonyl (C=O) groups excluding carboxylic acids is 2. The van der Waals surface area contributed by atoms with E-state index in [1.807, 2.05) is 64.1 Å². The fourth-order valence-electron chi connectivity index (χ4n) is 5.00. The Labute approximate surface area is 282 Å². The molecule has 0 saturated carbocycles. The minimum atomic E-state index is -4.20. The number of nitrogens with zero attached hydrogens (tertiary/aromatic N) is 2. The summed E-state index contributed by atoms with van der Waals surface area (Å²) < 4.78 is 29.5. The summed E-state index contributed by atoms with van der Waals surface area (Å²) in [5, 5.41) is 3.68. The van der Waals surface area contributed by atoms with Crippen molar-refractivity contribution in [1.82, 2.24) is 10.2 Å². The summed E-state index contributed by atoms with van der Waals surface area (Å²) in [5.41, 5.74) is 3.34. The standard InChI is InChI=1S/C36H39Cl2N3O4S/c1-5-27(4)39-36(43)34(22-28-12-7-6-8-13-28)40(23-31-32(37)15-10-16-33(31)38)35(42)24-41(29-14-9-11-26(3)21-29)46(44,45)30-19-17-25(2)18-20-30/h6-21,27,34H,5,22-24H2,1-4H3,(H,39,43)/t27-,34-/m0/s1. The number of aryl methyl sites for hydroxylation is 2. The number of nitrogens with one attached hydrogen (secondary N) is 1. The molecule has 0 aliphatic carbocycles. The Kier molecular flexibility index (Phi) is 11.9. The molecule has 0 bridgehead atoms. The highest BCUT2D eigenvalue weighted by Crippen LogP contribution is 2.29. The van der Waals surface area contributed by atoms with E-state index < -0.39 is 28.5 Å². The molecule has 0 heterocycles. The van der Waals surface area contributed by atoms with Gasteiger partial charge in [-0.3, -0.25) is 13.9 Å². The molecule has 0 aliphatic rings. The maximum absolute atomic E-state index is 14.6. The largest absolute Gasteiger partial charge is 0.352 e. The molecule has 242 valence electrons. The van der Waals surface area contributed by atoms with Crippen molar-refractivity contribution in [3.05, 3.63) is 129 Å². The highest BCUT2D eigenvalue weighted by molar-refractivity contribution is 7.92. The quantitative estimate of drug-likeness (QED) is 0.160. The minimum Gasteiger partial charge on any atom is -0.352 e. The second-order valence-corrected chi connectivity index (χ2v) is 14.1. The summed E-state index contributed by atoms with van der Waals surface area (Å²) in [5.74, 6) is -0.952. The highest BCUT2D eigenvalue weighted by Gasteiger charge is 2.35. The summed E-state index contributed by atoms with van der Waals surface area (Å²) >= 11 is 13.2. The van der Waals surface area contributed by atoms with E-state index >= 15 is 0 Å². The molecule has 0 aliphatic heterocycles. The Morgan fingerprint density at radius 2 is 1.46 bits per heavy atom.